The van der Waals surface area contributed by atoms with Gasteiger partial charge in [0.15, 0.2) is 0 Å². The van der Waals surface area contributed by atoms with E-state index in [1.807, 2.05) is 13.8 Å². The highest BCUT2D eigenvalue weighted by molar-refractivity contribution is 4.76. The van der Waals surface area contributed by atoms with E-state index in [0.29, 0.717) is 12.6 Å². The lowest BCUT2D eigenvalue weighted by molar-refractivity contribution is -0.0562. The van der Waals surface area contributed by atoms with Gasteiger partial charge in [0.1, 0.15) is 0 Å². The number of nitrogens with one attached hydrogen (secondary N) is 1. The molecule has 0 radical (unpaired) electrons. The molecule has 90 valence electrons. The maximum Gasteiger partial charge on any atom is 0.0874 e. The van der Waals surface area contributed by atoms with E-state index >= 15 is 0 Å². The second kappa shape index (κ2) is 6.46. The summed E-state index contributed by atoms with van der Waals surface area (Å²) in [6, 6.07) is 0.497. The minimum Gasteiger partial charge on any atom is -0.388 e. The molecule has 1 fully saturated rings. The lowest BCUT2D eigenvalue weighted by Gasteiger charge is -2.28. The summed E-state index contributed by atoms with van der Waals surface area (Å²) in [6.45, 7) is 6.33. The third-order valence-electron chi connectivity index (χ3n) is 3.42. The number of aliphatic hydroxyl groups is 1. The second-order valence-electron chi connectivity index (χ2n) is 4.59. The first-order valence-electron chi connectivity index (χ1n) is 6.23. The molecule has 1 aliphatic rings. The van der Waals surface area contributed by atoms with Crippen LogP contribution in [0.4, 0.5) is 0 Å². The smallest absolute Gasteiger partial charge is 0.0874 e. The van der Waals surface area contributed by atoms with Crippen LogP contribution in [0, 0.1) is 0 Å². The van der Waals surface area contributed by atoms with Crippen LogP contribution in [0.3, 0.4) is 0 Å². The number of rotatable bonds is 6. The van der Waals surface area contributed by atoms with Crippen LogP contribution in [-0.4, -0.2) is 36.5 Å². The summed E-state index contributed by atoms with van der Waals surface area (Å²) >= 11 is 0. The van der Waals surface area contributed by atoms with Crippen molar-refractivity contribution in [3.8, 4) is 0 Å². The Kier molecular flexibility index (Phi) is 5.58. The summed E-state index contributed by atoms with van der Waals surface area (Å²) in [5.74, 6) is 0. The van der Waals surface area contributed by atoms with Crippen molar-refractivity contribution in [1.82, 2.24) is 5.32 Å². The molecule has 2 N–H and O–H groups in total. The Balaban J connectivity index is 2.14. The molecule has 0 aliphatic carbocycles. The number of piperidine rings is 1. The summed E-state index contributed by atoms with van der Waals surface area (Å²) in [5, 5.41) is 13.4. The monoisotopic (exact) mass is 215 g/mol. The minimum absolute atomic E-state index is 0.470. The van der Waals surface area contributed by atoms with E-state index in [1.54, 1.807) is 0 Å². The van der Waals surface area contributed by atoms with Crippen LogP contribution in [0.25, 0.3) is 0 Å². The highest BCUT2D eigenvalue weighted by Gasteiger charge is 2.23. The highest BCUT2D eigenvalue weighted by Crippen LogP contribution is 2.15. The fourth-order valence-electron chi connectivity index (χ4n) is 1.91. The molecule has 1 unspecified atom stereocenters. The quantitative estimate of drug-likeness (QED) is 0.708. The standard InChI is InChI=1S/C12H25NO2/c1-3-12(14,4-2)10-15-9-11-7-5-6-8-13-11/h11,13-14H,3-10H2,1-2H3. The van der Waals surface area contributed by atoms with Gasteiger partial charge in [-0.1, -0.05) is 20.3 Å². The fourth-order valence-corrected chi connectivity index (χ4v) is 1.91. The average molecular weight is 215 g/mol. The Labute approximate surface area is 93.2 Å². The first-order chi connectivity index (χ1) is 7.20. The molecule has 15 heavy (non-hydrogen) atoms. The normalized spacial score (nSPS) is 23.0. The van der Waals surface area contributed by atoms with Crippen molar-refractivity contribution >= 4 is 0 Å². The van der Waals surface area contributed by atoms with E-state index in [1.165, 1.54) is 19.3 Å². The van der Waals surface area contributed by atoms with Gasteiger partial charge >= 0.3 is 0 Å². The molecule has 0 aromatic heterocycles. The number of hydrogen-bond acceptors (Lipinski definition) is 3. The molecule has 1 rings (SSSR count). The van der Waals surface area contributed by atoms with Crippen LogP contribution in [0.5, 0.6) is 0 Å². The zero-order chi connectivity index (χ0) is 11.1. The van der Waals surface area contributed by atoms with Crippen LogP contribution in [0.1, 0.15) is 46.0 Å². The van der Waals surface area contributed by atoms with Crippen molar-refractivity contribution in [2.45, 2.75) is 57.6 Å². The van der Waals surface area contributed by atoms with Gasteiger partial charge in [0.05, 0.1) is 18.8 Å². The molecule has 1 atom stereocenters. The van der Waals surface area contributed by atoms with Crippen LogP contribution in [0.15, 0.2) is 0 Å². The molecular formula is C12H25NO2. The molecule has 0 amide bonds. The van der Waals surface area contributed by atoms with Crippen molar-refractivity contribution in [3.05, 3.63) is 0 Å². The van der Waals surface area contributed by atoms with Crippen molar-refractivity contribution in [2.24, 2.45) is 0 Å². The van der Waals surface area contributed by atoms with Crippen LogP contribution in [-0.2, 0) is 4.74 Å². The molecule has 0 saturated carbocycles. The topological polar surface area (TPSA) is 41.5 Å². The lowest BCUT2D eigenvalue weighted by atomic mass is 9.99. The fraction of sp³-hybridized carbons (Fsp3) is 1.00. The van der Waals surface area contributed by atoms with Gasteiger partial charge in [0.2, 0.25) is 0 Å². The summed E-state index contributed by atoms with van der Waals surface area (Å²) in [7, 11) is 0. The Morgan fingerprint density at radius 3 is 2.60 bits per heavy atom. The third kappa shape index (κ3) is 4.49. The average Bonchev–Trinajstić information content (AvgIpc) is 2.30. The molecule has 0 spiro atoms. The Bertz CT molecular complexity index is 163. The van der Waals surface area contributed by atoms with Crippen molar-refractivity contribution in [2.75, 3.05) is 19.8 Å². The molecule has 0 bridgehead atoms. The number of ether oxygens (including phenoxy) is 1. The van der Waals surface area contributed by atoms with E-state index in [-0.39, 0.29) is 0 Å². The Hall–Kier alpha value is -0.120. The molecule has 0 aromatic rings. The van der Waals surface area contributed by atoms with Gasteiger partial charge in [-0.15, -0.1) is 0 Å². The van der Waals surface area contributed by atoms with Crippen LogP contribution >= 0.6 is 0 Å². The first-order valence-corrected chi connectivity index (χ1v) is 6.23. The third-order valence-corrected chi connectivity index (χ3v) is 3.42. The molecule has 3 nitrogen and oxygen atoms in total. The van der Waals surface area contributed by atoms with Gasteiger partial charge in [-0.3, -0.25) is 0 Å². The van der Waals surface area contributed by atoms with Crippen LogP contribution in [0.2, 0.25) is 0 Å². The zero-order valence-corrected chi connectivity index (χ0v) is 10.1. The maximum absolute atomic E-state index is 10.0. The molecule has 3 heteroatoms. The maximum atomic E-state index is 10.0. The SMILES string of the molecule is CCC(O)(CC)COCC1CCCCN1. The molecule has 1 heterocycles. The van der Waals surface area contributed by atoms with Gasteiger partial charge in [0, 0.05) is 6.04 Å². The summed E-state index contributed by atoms with van der Waals surface area (Å²) in [5.41, 5.74) is -0.616. The predicted octanol–water partition coefficient (Wildman–Crippen LogP) is 1.70. The Morgan fingerprint density at radius 1 is 1.33 bits per heavy atom. The van der Waals surface area contributed by atoms with Gasteiger partial charge in [0.25, 0.3) is 0 Å². The van der Waals surface area contributed by atoms with Crippen molar-refractivity contribution in [1.29, 1.82) is 0 Å². The van der Waals surface area contributed by atoms with Gasteiger partial charge in [-0.05, 0) is 32.2 Å². The zero-order valence-electron chi connectivity index (χ0n) is 10.1. The van der Waals surface area contributed by atoms with E-state index in [4.69, 9.17) is 4.74 Å². The van der Waals surface area contributed by atoms with Gasteiger partial charge < -0.3 is 15.2 Å². The minimum atomic E-state index is -0.616. The largest absolute Gasteiger partial charge is 0.388 e. The van der Waals surface area contributed by atoms with Crippen molar-refractivity contribution < 1.29 is 9.84 Å². The van der Waals surface area contributed by atoms with Gasteiger partial charge in [-0.2, -0.15) is 0 Å². The summed E-state index contributed by atoms with van der Waals surface area (Å²) < 4.78 is 5.61. The van der Waals surface area contributed by atoms with E-state index < -0.39 is 5.60 Å². The molecule has 1 saturated heterocycles. The van der Waals surface area contributed by atoms with Gasteiger partial charge in [-0.25, -0.2) is 0 Å². The first kappa shape index (κ1) is 12.9. The number of hydrogen-bond donors (Lipinski definition) is 2. The molecular weight excluding hydrogens is 190 g/mol. The van der Waals surface area contributed by atoms with E-state index in [2.05, 4.69) is 5.32 Å². The van der Waals surface area contributed by atoms with E-state index in [0.717, 1.165) is 26.0 Å². The molecule has 1 aliphatic heterocycles. The second-order valence-corrected chi connectivity index (χ2v) is 4.59. The van der Waals surface area contributed by atoms with E-state index in [9.17, 15) is 5.11 Å². The Morgan fingerprint density at radius 2 is 2.07 bits per heavy atom. The summed E-state index contributed by atoms with van der Waals surface area (Å²) in [4.78, 5) is 0. The van der Waals surface area contributed by atoms with Crippen LogP contribution < -0.4 is 5.32 Å². The lowest BCUT2D eigenvalue weighted by Crippen LogP contribution is -2.40. The van der Waals surface area contributed by atoms with Crippen molar-refractivity contribution in [3.63, 3.8) is 0 Å². The molecule has 0 aromatic carbocycles. The predicted molar refractivity (Wildman–Crippen MR) is 62.0 cm³/mol. The highest BCUT2D eigenvalue weighted by atomic mass is 16.5. The summed E-state index contributed by atoms with van der Waals surface area (Å²) in [6.07, 6.45) is 5.32.